The van der Waals surface area contributed by atoms with Crippen molar-refractivity contribution in [2.75, 3.05) is 27.9 Å². The van der Waals surface area contributed by atoms with Gasteiger partial charge in [-0.3, -0.25) is 19.4 Å². The molecule has 0 saturated carbocycles. The van der Waals surface area contributed by atoms with E-state index >= 15 is 0 Å². The average Bonchev–Trinajstić information content (AvgIpc) is 2.87. The fourth-order valence-corrected chi connectivity index (χ4v) is 4.11. The highest BCUT2D eigenvalue weighted by atomic mass is 16.6. The summed E-state index contributed by atoms with van der Waals surface area (Å²) in [5, 5.41) is 2.90. The Morgan fingerprint density at radius 1 is 1.00 bits per heavy atom. The Balaban J connectivity index is 2.01. The van der Waals surface area contributed by atoms with E-state index in [4.69, 9.17) is 28.4 Å². The minimum absolute atomic E-state index is 0.197. The number of amides is 1. The summed E-state index contributed by atoms with van der Waals surface area (Å²) in [4.78, 5) is 40.5. The second-order valence-corrected chi connectivity index (χ2v) is 7.99. The molecule has 1 fully saturated rings. The fraction of sp³-hybridized carbons (Fsp3) is 0.440. The van der Waals surface area contributed by atoms with E-state index in [2.05, 4.69) is 10.3 Å². The van der Waals surface area contributed by atoms with Gasteiger partial charge in [0.2, 0.25) is 5.75 Å². The van der Waals surface area contributed by atoms with Crippen LogP contribution >= 0.6 is 0 Å². The average molecular weight is 503 g/mol. The first-order valence-electron chi connectivity index (χ1n) is 11.3. The molecule has 0 unspecified atom stereocenters. The van der Waals surface area contributed by atoms with Crippen molar-refractivity contribution in [3.63, 3.8) is 0 Å². The van der Waals surface area contributed by atoms with Crippen molar-refractivity contribution in [1.29, 1.82) is 0 Å². The highest BCUT2D eigenvalue weighted by Gasteiger charge is 2.44. The molecule has 1 aromatic carbocycles. The van der Waals surface area contributed by atoms with Gasteiger partial charge in [0.1, 0.15) is 18.4 Å². The van der Waals surface area contributed by atoms with Crippen molar-refractivity contribution >= 4 is 17.8 Å². The van der Waals surface area contributed by atoms with Gasteiger partial charge in [-0.2, -0.15) is 0 Å². The molecule has 36 heavy (non-hydrogen) atoms. The number of ether oxygens (including phenoxy) is 6. The van der Waals surface area contributed by atoms with Gasteiger partial charge in [-0.15, -0.1) is 0 Å². The maximum Gasteiger partial charge on any atom is 0.303 e. The van der Waals surface area contributed by atoms with Gasteiger partial charge in [-0.25, -0.2) is 0 Å². The number of carbonyl (C=O) groups is 3. The lowest BCUT2D eigenvalue weighted by atomic mass is 9.90. The van der Waals surface area contributed by atoms with Crippen molar-refractivity contribution < 1.29 is 42.8 Å². The van der Waals surface area contributed by atoms with Gasteiger partial charge in [-0.1, -0.05) is 6.07 Å². The first kappa shape index (κ1) is 26.7. The molecule has 194 valence electrons. The topological polar surface area (TPSA) is 132 Å². The number of rotatable bonds is 9. The molecule has 11 nitrogen and oxygen atoms in total. The van der Waals surface area contributed by atoms with Crippen LogP contribution in [0.2, 0.25) is 0 Å². The monoisotopic (exact) mass is 502 g/mol. The molecule has 1 N–H and O–H groups in total. The number of pyridine rings is 1. The minimum atomic E-state index is -0.933. The fourth-order valence-electron chi connectivity index (χ4n) is 4.11. The largest absolute Gasteiger partial charge is 0.493 e. The molecule has 11 heteroatoms. The molecule has 0 radical (unpaired) electrons. The van der Waals surface area contributed by atoms with Gasteiger partial charge in [0, 0.05) is 32.0 Å². The second kappa shape index (κ2) is 12.2. The summed E-state index contributed by atoms with van der Waals surface area (Å²) in [6, 6.07) is 7.72. The van der Waals surface area contributed by atoms with E-state index in [1.165, 1.54) is 41.4 Å². The highest BCUT2D eigenvalue weighted by molar-refractivity contribution is 5.92. The third-order valence-corrected chi connectivity index (χ3v) is 5.62. The van der Waals surface area contributed by atoms with E-state index in [9.17, 15) is 14.4 Å². The van der Waals surface area contributed by atoms with Crippen molar-refractivity contribution in [3.8, 4) is 17.2 Å². The standard InChI is InChI=1S/C25H30N2O9/c1-14(28)34-13-21-23(35-15(2)29)18(27-25(30)17-8-6-7-11-26-17)12-20(36-21)16-9-10-19(31-3)24(33-5)22(16)32-4/h6-11,18,20-21,23H,12-13H2,1-5H3,(H,27,30)/t18-,20-,21+,23-/m0/s1. The minimum Gasteiger partial charge on any atom is -0.493 e. The Kier molecular flexibility index (Phi) is 9.07. The molecule has 2 heterocycles. The van der Waals surface area contributed by atoms with Crippen LogP contribution < -0.4 is 19.5 Å². The van der Waals surface area contributed by atoms with Crippen LogP contribution in [0.3, 0.4) is 0 Å². The van der Waals surface area contributed by atoms with E-state index in [-0.39, 0.29) is 18.7 Å². The zero-order chi connectivity index (χ0) is 26.2. The molecule has 1 amide bonds. The molecule has 4 atom stereocenters. The zero-order valence-electron chi connectivity index (χ0n) is 20.8. The summed E-state index contributed by atoms with van der Waals surface area (Å²) in [6.45, 7) is 2.32. The van der Waals surface area contributed by atoms with Crippen LogP contribution in [0.15, 0.2) is 36.5 Å². The van der Waals surface area contributed by atoms with Crippen LogP contribution in [-0.4, -0.2) is 69.0 Å². The van der Waals surface area contributed by atoms with E-state index in [1.54, 1.807) is 30.3 Å². The van der Waals surface area contributed by atoms with E-state index < -0.39 is 42.2 Å². The highest BCUT2D eigenvalue weighted by Crippen LogP contribution is 2.45. The zero-order valence-corrected chi connectivity index (χ0v) is 20.8. The Bertz CT molecular complexity index is 1080. The van der Waals surface area contributed by atoms with Crippen LogP contribution in [0.25, 0.3) is 0 Å². The number of methoxy groups -OCH3 is 3. The molecule has 2 aromatic rings. The summed E-state index contributed by atoms with van der Waals surface area (Å²) in [5.74, 6) is -0.342. The SMILES string of the molecule is COc1ccc([C@@H]2C[C@H](NC(=O)c3ccccn3)[C@H](OC(C)=O)[C@@H](COC(C)=O)O2)c(OC)c1OC. The number of aromatic nitrogens is 1. The number of nitrogens with zero attached hydrogens (tertiary/aromatic N) is 1. The number of hydrogen-bond acceptors (Lipinski definition) is 10. The van der Waals surface area contributed by atoms with Crippen LogP contribution in [0.4, 0.5) is 0 Å². The van der Waals surface area contributed by atoms with Crippen molar-refractivity contribution in [3.05, 3.63) is 47.8 Å². The number of esters is 2. The van der Waals surface area contributed by atoms with Crippen molar-refractivity contribution in [2.24, 2.45) is 0 Å². The van der Waals surface area contributed by atoms with Gasteiger partial charge in [0.15, 0.2) is 17.6 Å². The summed E-state index contributed by atoms with van der Waals surface area (Å²) in [6.07, 6.45) is -0.760. The predicted molar refractivity (Wildman–Crippen MR) is 126 cm³/mol. The molecule has 3 rings (SSSR count). The molecule has 1 aromatic heterocycles. The molecule has 0 bridgehead atoms. The normalized spacial score (nSPS) is 21.1. The molecule has 1 aliphatic heterocycles. The molecular formula is C25H30N2O9. The first-order chi connectivity index (χ1) is 17.3. The van der Waals surface area contributed by atoms with Crippen molar-refractivity contribution in [1.82, 2.24) is 10.3 Å². The number of nitrogens with one attached hydrogen (secondary N) is 1. The number of hydrogen-bond donors (Lipinski definition) is 1. The number of benzene rings is 1. The lowest BCUT2D eigenvalue weighted by molar-refractivity contribution is -0.187. The molecular weight excluding hydrogens is 472 g/mol. The summed E-state index contributed by atoms with van der Waals surface area (Å²) < 4.78 is 33.5. The van der Waals surface area contributed by atoms with Crippen LogP contribution in [-0.2, 0) is 23.8 Å². The summed E-state index contributed by atoms with van der Waals surface area (Å²) in [7, 11) is 4.49. The third-order valence-electron chi connectivity index (χ3n) is 5.62. The lowest BCUT2D eigenvalue weighted by Crippen LogP contribution is -2.56. The Morgan fingerprint density at radius 2 is 1.75 bits per heavy atom. The molecule has 0 aliphatic carbocycles. The van der Waals surface area contributed by atoms with Gasteiger partial charge >= 0.3 is 11.9 Å². The maximum absolute atomic E-state index is 13.0. The van der Waals surface area contributed by atoms with E-state index in [1.807, 2.05) is 0 Å². The van der Waals surface area contributed by atoms with Crippen LogP contribution in [0.1, 0.15) is 42.4 Å². The quantitative estimate of drug-likeness (QED) is 0.509. The first-order valence-corrected chi connectivity index (χ1v) is 11.3. The lowest BCUT2D eigenvalue weighted by Gasteiger charge is -2.41. The van der Waals surface area contributed by atoms with Gasteiger partial charge in [-0.05, 0) is 24.3 Å². The van der Waals surface area contributed by atoms with Crippen LogP contribution in [0, 0.1) is 0 Å². The smallest absolute Gasteiger partial charge is 0.303 e. The van der Waals surface area contributed by atoms with Gasteiger partial charge in [0.25, 0.3) is 5.91 Å². The van der Waals surface area contributed by atoms with Crippen molar-refractivity contribution in [2.45, 2.75) is 44.6 Å². The predicted octanol–water partition coefficient (Wildman–Crippen LogP) is 2.23. The molecule has 1 saturated heterocycles. The van der Waals surface area contributed by atoms with Gasteiger partial charge < -0.3 is 33.7 Å². The maximum atomic E-state index is 13.0. The summed E-state index contributed by atoms with van der Waals surface area (Å²) in [5.41, 5.74) is 0.809. The van der Waals surface area contributed by atoms with E-state index in [0.29, 0.717) is 22.8 Å². The second-order valence-electron chi connectivity index (χ2n) is 7.99. The number of carbonyl (C=O) groups excluding carboxylic acids is 3. The Morgan fingerprint density at radius 3 is 2.33 bits per heavy atom. The van der Waals surface area contributed by atoms with E-state index in [0.717, 1.165) is 0 Å². The molecule has 1 aliphatic rings. The van der Waals surface area contributed by atoms with Crippen LogP contribution in [0.5, 0.6) is 17.2 Å². The van der Waals surface area contributed by atoms with Gasteiger partial charge in [0.05, 0.1) is 33.5 Å². The summed E-state index contributed by atoms with van der Waals surface area (Å²) >= 11 is 0. The molecule has 0 spiro atoms. The Labute approximate surface area is 209 Å². The Hall–Kier alpha value is -3.86. The third kappa shape index (κ3) is 6.22.